The Morgan fingerprint density at radius 2 is 1.68 bits per heavy atom. The molecule has 2 unspecified atom stereocenters. The Hall–Kier alpha value is -0.910. The van der Waals surface area contributed by atoms with Crippen LogP contribution in [0.25, 0.3) is 0 Å². The number of hydrogen-bond donors (Lipinski definition) is 1. The molecule has 2 saturated carbocycles. The van der Waals surface area contributed by atoms with Gasteiger partial charge in [-0.05, 0) is 55.4 Å². The molecule has 4 nitrogen and oxygen atoms in total. The lowest BCUT2D eigenvalue weighted by atomic mass is 9.60. The van der Waals surface area contributed by atoms with E-state index in [1.54, 1.807) is 0 Å². The molecule has 0 saturated heterocycles. The zero-order chi connectivity index (χ0) is 17.8. The van der Waals surface area contributed by atoms with Gasteiger partial charge in [0.1, 0.15) is 0 Å². The van der Waals surface area contributed by atoms with E-state index in [1.807, 2.05) is 0 Å². The van der Waals surface area contributed by atoms with Gasteiger partial charge < -0.3 is 0 Å². The molecule has 25 heavy (non-hydrogen) atoms. The summed E-state index contributed by atoms with van der Waals surface area (Å²) in [7, 11) is -2.19. The minimum absolute atomic E-state index is 0.182. The van der Waals surface area contributed by atoms with Crippen LogP contribution in [0.3, 0.4) is 0 Å². The Labute approximate surface area is 152 Å². The van der Waals surface area contributed by atoms with Gasteiger partial charge in [-0.3, -0.25) is 4.18 Å². The maximum absolute atomic E-state index is 11.7. The van der Waals surface area contributed by atoms with E-state index in [0.717, 1.165) is 25.7 Å². The minimum atomic E-state index is -3.60. The number of rotatable bonds is 5. The molecule has 0 amide bonds. The highest BCUT2D eigenvalue weighted by atomic mass is 32.2. The average molecular weight is 366 g/mol. The van der Waals surface area contributed by atoms with Crippen LogP contribution in [0.5, 0.6) is 0 Å². The fraction of sp³-hybridized carbons (Fsp3) is 0.700. The molecular weight excluding hydrogens is 334 g/mol. The monoisotopic (exact) mass is 365 g/mol. The van der Waals surface area contributed by atoms with Crippen LogP contribution in [0.15, 0.2) is 30.3 Å². The number of hydrogen-bond acceptors (Lipinski definition) is 3. The van der Waals surface area contributed by atoms with Crippen molar-refractivity contribution in [3.8, 4) is 0 Å². The highest BCUT2D eigenvalue weighted by Crippen LogP contribution is 2.49. The summed E-state index contributed by atoms with van der Waals surface area (Å²) in [6.45, 7) is 0. The molecule has 2 aliphatic carbocycles. The maximum Gasteiger partial charge on any atom is 0.335 e. The van der Waals surface area contributed by atoms with Gasteiger partial charge in [-0.15, -0.1) is 0 Å². The van der Waals surface area contributed by atoms with Gasteiger partial charge >= 0.3 is 10.3 Å². The molecular formula is C20H31NO3S. The predicted octanol–water partition coefficient (Wildman–Crippen LogP) is 4.32. The van der Waals surface area contributed by atoms with Crippen molar-refractivity contribution in [2.75, 3.05) is 7.05 Å². The minimum Gasteiger partial charge on any atom is -0.255 e. The lowest BCUT2D eigenvalue weighted by Crippen LogP contribution is -2.37. The van der Waals surface area contributed by atoms with E-state index < -0.39 is 10.3 Å². The summed E-state index contributed by atoms with van der Waals surface area (Å²) in [5.41, 5.74) is 1.76. The first-order valence-corrected chi connectivity index (χ1v) is 11.1. The lowest BCUT2D eigenvalue weighted by Gasteiger charge is -2.44. The third kappa shape index (κ3) is 4.44. The average Bonchev–Trinajstić information content (AvgIpc) is 2.88. The summed E-state index contributed by atoms with van der Waals surface area (Å²) in [6, 6.07) is 11.0. The van der Waals surface area contributed by atoms with Gasteiger partial charge in [-0.25, -0.2) is 0 Å². The Bertz CT molecular complexity index is 638. The first-order valence-electron chi connectivity index (χ1n) is 9.73. The first-order chi connectivity index (χ1) is 12.1. The van der Waals surface area contributed by atoms with Crippen LogP contribution in [0, 0.1) is 5.92 Å². The summed E-state index contributed by atoms with van der Waals surface area (Å²) in [5, 5.41) is 0. The van der Waals surface area contributed by atoms with Gasteiger partial charge in [0, 0.05) is 7.05 Å². The molecule has 0 spiro atoms. The van der Waals surface area contributed by atoms with Gasteiger partial charge in [-0.2, -0.15) is 13.1 Å². The van der Waals surface area contributed by atoms with E-state index >= 15 is 0 Å². The maximum atomic E-state index is 11.7. The highest BCUT2D eigenvalue weighted by Gasteiger charge is 2.41. The van der Waals surface area contributed by atoms with E-state index in [9.17, 15) is 8.42 Å². The zero-order valence-electron chi connectivity index (χ0n) is 15.2. The molecule has 2 aliphatic rings. The van der Waals surface area contributed by atoms with Crippen molar-refractivity contribution in [3.63, 3.8) is 0 Å². The third-order valence-corrected chi connectivity index (χ3v) is 7.33. The van der Waals surface area contributed by atoms with Gasteiger partial charge in [0.2, 0.25) is 0 Å². The smallest absolute Gasteiger partial charge is 0.255 e. The fourth-order valence-corrected chi connectivity index (χ4v) is 5.68. The van der Waals surface area contributed by atoms with Crippen molar-refractivity contribution in [1.29, 1.82) is 0 Å². The molecule has 1 N–H and O–H groups in total. The van der Waals surface area contributed by atoms with E-state index in [4.69, 9.17) is 4.18 Å². The zero-order valence-corrected chi connectivity index (χ0v) is 16.1. The van der Waals surface area contributed by atoms with Crippen LogP contribution in [-0.2, 0) is 19.9 Å². The van der Waals surface area contributed by atoms with Crippen LogP contribution in [-0.4, -0.2) is 21.6 Å². The Balaban J connectivity index is 1.77. The standard InChI is InChI=1S/C20H31NO3S/c1-21-25(22,23)24-19-12-8-11-18(13-14-19)20(15-6-3-7-16-20)17-9-4-2-5-10-17/h2,4-5,9-10,18-19,21H,3,6-8,11-16H2,1H3. The predicted molar refractivity (Wildman–Crippen MR) is 101 cm³/mol. The fourth-order valence-electron chi connectivity index (χ4n) is 5.03. The van der Waals surface area contributed by atoms with Gasteiger partial charge in [-0.1, -0.05) is 56.0 Å². The quantitative estimate of drug-likeness (QED) is 0.791. The molecule has 2 fully saturated rings. The Kier molecular flexibility index (Phi) is 6.18. The molecule has 0 aliphatic heterocycles. The van der Waals surface area contributed by atoms with Gasteiger partial charge in [0.15, 0.2) is 0 Å². The lowest BCUT2D eigenvalue weighted by molar-refractivity contribution is 0.158. The molecule has 0 radical (unpaired) electrons. The van der Waals surface area contributed by atoms with E-state index in [0.29, 0.717) is 5.92 Å². The van der Waals surface area contributed by atoms with E-state index in [2.05, 4.69) is 35.1 Å². The van der Waals surface area contributed by atoms with Crippen LogP contribution in [0.4, 0.5) is 0 Å². The summed E-state index contributed by atoms with van der Waals surface area (Å²) >= 11 is 0. The summed E-state index contributed by atoms with van der Waals surface area (Å²) in [4.78, 5) is 0. The molecule has 2 atom stereocenters. The van der Waals surface area contributed by atoms with E-state index in [-0.39, 0.29) is 11.5 Å². The molecule has 3 rings (SSSR count). The van der Waals surface area contributed by atoms with Crippen LogP contribution in [0.2, 0.25) is 0 Å². The normalized spacial score (nSPS) is 27.6. The summed E-state index contributed by atoms with van der Waals surface area (Å²) in [5.74, 6) is 0.626. The molecule has 0 aromatic heterocycles. The second kappa shape index (κ2) is 8.19. The highest BCUT2D eigenvalue weighted by molar-refractivity contribution is 7.84. The van der Waals surface area contributed by atoms with Crippen molar-refractivity contribution in [2.24, 2.45) is 5.92 Å². The van der Waals surface area contributed by atoms with Crippen LogP contribution >= 0.6 is 0 Å². The summed E-state index contributed by atoms with van der Waals surface area (Å²) in [6.07, 6.45) is 11.2. The van der Waals surface area contributed by atoms with Crippen molar-refractivity contribution in [2.45, 2.75) is 75.7 Å². The second-order valence-electron chi connectivity index (χ2n) is 7.66. The SMILES string of the molecule is CNS(=O)(=O)OC1CCCC(C2(c3ccccc3)CCCCC2)CC1. The molecule has 140 valence electrons. The topological polar surface area (TPSA) is 55.4 Å². The molecule has 1 aromatic carbocycles. The Morgan fingerprint density at radius 3 is 2.36 bits per heavy atom. The molecule has 0 bridgehead atoms. The molecule has 0 heterocycles. The van der Waals surface area contributed by atoms with Crippen molar-refractivity contribution < 1.29 is 12.6 Å². The summed E-state index contributed by atoms with van der Waals surface area (Å²) < 4.78 is 31.0. The largest absolute Gasteiger partial charge is 0.335 e. The van der Waals surface area contributed by atoms with Gasteiger partial charge in [0.05, 0.1) is 6.10 Å². The molecule has 5 heteroatoms. The van der Waals surface area contributed by atoms with Crippen molar-refractivity contribution in [3.05, 3.63) is 35.9 Å². The number of benzene rings is 1. The number of nitrogens with one attached hydrogen (secondary N) is 1. The van der Waals surface area contributed by atoms with E-state index in [1.165, 1.54) is 51.1 Å². The van der Waals surface area contributed by atoms with Gasteiger partial charge in [0.25, 0.3) is 0 Å². The Morgan fingerprint density at radius 1 is 0.960 bits per heavy atom. The third-order valence-electron chi connectivity index (χ3n) is 6.30. The molecule has 1 aromatic rings. The second-order valence-corrected chi connectivity index (χ2v) is 9.17. The van der Waals surface area contributed by atoms with Crippen molar-refractivity contribution in [1.82, 2.24) is 4.72 Å². The van der Waals surface area contributed by atoms with Crippen molar-refractivity contribution >= 4 is 10.3 Å². The first kappa shape index (κ1) is 18.9. The van der Waals surface area contributed by atoms with Crippen LogP contribution < -0.4 is 4.72 Å². The van der Waals surface area contributed by atoms with Crippen LogP contribution in [0.1, 0.15) is 69.8 Å².